The van der Waals surface area contributed by atoms with Crippen molar-refractivity contribution in [2.24, 2.45) is 12.9 Å². The molecule has 0 aliphatic rings. The first-order valence-electron chi connectivity index (χ1n) is 6.77. The fraction of sp³-hybridized carbons (Fsp3) is 0.400. The van der Waals surface area contributed by atoms with Gasteiger partial charge < -0.3 is 9.47 Å². The van der Waals surface area contributed by atoms with Crippen LogP contribution in [0.3, 0.4) is 0 Å². The Bertz CT molecular complexity index is 587. The van der Waals surface area contributed by atoms with Crippen LogP contribution in [0.2, 0.25) is 0 Å². The predicted molar refractivity (Wildman–Crippen MR) is 81.3 cm³/mol. The van der Waals surface area contributed by atoms with Gasteiger partial charge in [0.15, 0.2) is 0 Å². The average molecular weight is 290 g/mol. The molecular weight excluding hydrogens is 268 g/mol. The molecule has 1 heterocycles. The summed E-state index contributed by atoms with van der Waals surface area (Å²) in [7, 11) is 5.20. The summed E-state index contributed by atoms with van der Waals surface area (Å²) in [6.45, 7) is 1.97. The minimum absolute atomic E-state index is 0.133. The Morgan fingerprint density at radius 1 is 1.29 bits per heavy atom. The van der Waals surface area contributed by atoms with Gasteiger partial charge in [-0.3, -0.25) is 16.0 Å². The molecule has 0 fully saturated rings. The molecule has 21 heavy (non-hydrogen) atoms. The van der Waals surface area contributed by atoms with Crippen LogP contribution < -0.4 is 20.7 Å². The maximum Gasteiger partial charge on any atom is 0.127 e. The number of nitrogens with one attached hydrogen (secondary N) is 1. The van der Waals surface area contributed by atoms with Gasteiger partial charge in [0.25, 0.3) is 0 Å². The Kier molecular flexibility index (Phi) is 4.82. The van der Waals surface area contributed by atoms with Crippen LogP contribution >= 0.6 is 0 Å². The lowest BCUT2D eigenvalue weighted by Gasteiger charge is -2.21. The molecule has 0 radical (unpaired) electrons. The van der Waals surface area contributed by atoms with E-state index < -0.39 is 0 Å². The van der Waals surface area contributed by atoms with Crippen molar-refractivity contribution in [3.8, 4) is 11.5 Å². The average Bonchev–Trinajstić information content (AvgIpc) is 2.81. The monoisotopic (exact) mass is 290 g/mol. The van der Waals surface area contributed by atoms with E-state index in [0.29, 0.717) is 6.42 Å². The highest BCUT2D eigenvalue weighted by molar-refractivity contribution is 5.47. The highest BCUT2D eigenvalue weighted by atomic mass is 16.5. The summed E-state index contributed by atoms with van der Waals surface area (Å²) in [6, 6.07) is 7.61. The van der Waals surface area contributed by atoms with Gasteiger partial charge in [0.2, 0.25) is 0 Å². The molecule has 0 saturated heterocycles. The molecule has 114 valence electrons. The molecule has 0 amide bonds. The van der Waals surface area contributed by atoms with Gasteiger partial charge in [-0.05, 0) is 25.1 Å². The topological polar surface area (TPSA) is 74.3 Å². The van der Waals surface area contributed by atoms with Crippen LogP contribution in [0.15, 0.2) is 24.3 Å². The molecular formula is C15H22N4O2. The number of rotatable bonds is 6. The molecule has 1 unspecified atom stereocenters. The molecule has 0 saturated carbocycles. The summed E-state index contributed by atoms with van der Waals surface area (Å²) in [5.41, 5.74) is 5.83. The highest BCUT2D eigenvalue weighted by Gasteiger charge is 2.21. The first kappa shape index (κ1) is 15.3. The summed E-state index contributed by atoms with van der Waals surface area (Å²) < 4.78 is 12.8. The van der Waals surface area contributed by atoms with E-state index in [-0.39, 0.29) is 6.04 Å². The Balaban J connectivity index is 2.39. The number of hydrogen-bond acceptors (Lipinski definition) is 5. The lowest BCUT2D eigenvalue weighted by atomic mass is 10.00. The Labute approximate surface area is 124 Å². The maximum atomic E-state index is 5.77. The minimum atomic E-state index is -0.133. The second-order valence-electron chi connectivity index (χ2n) is 4.90. The highest BCUT2D eigenvalue weighted by Crippen LogP contribution is 2.35. The first-order chi connectivity index (χ1) is 10.1. The van der Waals surface area contributed by atoms with Crippen LogP contribution in [0.25, 0.3) is 0 Å². The third-order valence-corrected chi connectivity index (χ3v) is 3.53. The molecule has 0 aliphatic heterocycles. The van der Waals surface area contributed by atoms with Crippen molar-refractivity contribution < 1.29 is 9.47 Å². The molecule has 3 N–H and O–H groups in total. The molecule has 1 aromatic carbocycles. The molecule has 0 aliphatic carbocycles. The van der Waals surface area contributed by atoms with E-state index in [9.17, 15) is 0 Å². The normalized spacial score (nSPS) is 12.2. The maximum absolute atomic E-state index is 5.77. The number of benzene rings is 1. The molecule has 0 spiro atoms. The van der Waals surface area contributed by atoms with Crippen LogP contribution in [0.5, 0.6) is 11.5 Å². The predicted octanol–water partition coefficient (Wildman–Crippen LogP) is 1.49. The molecule has 0 bridgehead atoms. The van der Waals surface area contributed by atoms with Crippen molar-refractivity contribution in [3.63, 3.8) is 0 Å². The zero-order valence-corrected chi connectivity index (χ0v) is 12.9. The summed E-state index contributed by atoms with van der Waals surface area (Å²) in [4.78, 5) is 0. The number of ether oxygens (including phenoxy) is 2. The van der Waals surface area contributed by atoms with Gasteiger partial charge in [-0.1, -0.05) is 6.07 Å². The fourth-order valence-corrected chi connectivity index (χ4v) is 2.53. The van der Waals surface area contributed by atoms with Gasteiger partial charge in [-0.25, -0.2) is 0 Å². The van der Waals surface area contributed by atoms with Crippen molar-refractivity contribution in [2.75, 3.05) is 14.2 Å². The van der Waals surface area contributed by atoms with Crippen molar-refractivity contribution in [1.82, 2.24) is 15.2 Å². The Morgan fingerprint density at radius 3 is 2.33 bits per heavy atom. The number of hydrogen-bond donors (Lipinski definition) is 2. The van der Waals surface area contributed by atoms with Gasteiger partial charge >= 0.3 is 0 Å². The van der Waals surface area contributed by atoms with Gasteiger partial charge in [0.05, 0.1) is 31.5 Å². The molecule has 1 aromatic heterocycles. The minimum Gasteiger partial charge on any atom is -0.496 e. The van der Waals surface area contributed by atoms with E-state index in [4.69, 9.17) is 15.3 Å². The van der Waals surface area contributed by atoms with E-state index in [0.717, 1.165) is 28.5 Å². The largest absolute Gasteiger partial charge is 0.496 e. The van der Waals surface area contributed by atoms with Crippen molar-refractivity contribution in [3.05, 3.63) is 41.2 Å². The quantitative estimate of drug-likeness (QED) is 0.623. The zero-order chi connectivity index (χ0) is 15.4. The number of aromatic nitrogens is 2. The van der Waals surface area contributed by atoms with E-state index in [1.54, 1.807) is 14.2 Å². The molecule has 2 rings (SSSR count). The van der Waals surface area contributed by atoms with Crippen LogP contribution in [0.1, 0.15) is 23.0 Å². The fourth-order valence-electron chi connectivity index (χ4n) is 2.53. The van der Waals surface area contributed by atoms with Crippen LogP contribution in [-0.4, -0.2) is 24.0 Å². The molecule has 6 nitrogen and oxygen atoms in total. The van der Waals surface area contributed by atoms with Crippen LogP contribution in [0, 0.1) is 6.92 Å². The van der Waals surface area contributed by atoms with Crippen LogP contribution in [-0.2, 0) is 13.5 Å². The smallest absolute Gasteiger partial charge is 0.127 e. The molecule has 1 atom stereocenters. The summed E-state index contributed by atoms with van der Waals surface area (Å²) >= 11 is 0. The number of nitrogens with two attached hydrogens (primary N) is 1. The number of aryl methyl sites for hydroxylation is 2. The van der Waals surface area contributed by atoms with Gasteiger partial charge in [0.1, 0.15) is 11.5 Å². The first-order valence-corrected chi connectivity index (χ1v) is 6.77. The zero-order valence-electron chi connectivity index (χ0n) is 12.9. The summed E-state index contributed by atoms with van der Waals surface area (Å²) in [5, 5.41) is 4.36. The molecule has 6 heteroatoms. The number of nitrogens with zero attached hydrogens (tertiary/aromatic N) is 2. The van der Waals surface area contributed by atoms with E-state index in [2.05, 4.69) is 10.5 Å². The van der Waals surface area contributed by atoms with Crippen molar-refractivity contribution in [2.45, 2.75) is 19.4 Å². The van der Waals surface area contributed by atoms with Crippen molar-refractivity contribution in [1.29, 1.82) is 0 Å². The Morgan fingerprint density at radius 2 is 1.90 bits per heavy atom. The summed E-state index contributed by atoms with van der Waals surface area (Å²) in [5.74, 6) is 7.26. The third kappa shape index (κ3) is 3.17. The Hall–Kier alpha value is -2.05. The van der Waals surface area contributed by atoms with Crippen LogP contribution in [0.4, 0.5) is 0 Å². The lowest BCUT2D eigenvalue weighted by Crippen LogP contribution is -2.30. The van der Waals surface area contributed by atoms with E-state index in [1.807, 2.05) is 42.9 Å². The second kappa shape index (κ2) is 6.60. The lowest BCUT2D eigenvalue weighted by molar-refractivity contribution is 0.369. The third-order valence-electron chi connectivity index (χ3n) is 3.53. The summed E-state index contributed by atoms with van der Waals surface area (Å²) in [6.07, 6.45) is 0.685. The van der Waals surface area contributed by atoms with E-state index >= 15 is 0 Å². The second-order valence-corrected chi connectivity index (χ2v) is 4.90. The van der Waals surface area contributed by atoms with Crippen molar-refractivity contribution >= 4 is 0 Å². The standard InChI is InChI=1S/C15H22N4O2/c1-10-8-11(19(2)18-10)9-12(17-16)15-13(20-3)6-5-7-14(15)21-4/h5-8,12,17H,9,16H2,1-4H3. The van der Waals surface area contributed by atoms with Gasteiger partial charge in [-0.15, -0.1) is 0 Å². The number of hydrazine groups is 1. The number of methoxy groups -OCH3 is 2. The van der Waals surface area contributed by atoms with Gasteiger partial charge in [0, 0.05) is 19.2 Å². The SMILES string of the molecule is COc1cccc(OC)c1C(Cc1cc(C)nn1C)NN. The van der Waals surface area contributed by atoms with E-state index in [1.165, 1.54) is 0 Å². The van der Waals surface area contributed by atoms with Gasteiger partial charge in [-0.2, -0.15) is 5.10 Å². The molecule has 2 aromatic rings.